The first-order valence-corrected chi connectivity index (χ1v) is 9.56. The number of nitrogens with zero attached hydrogens (tertiary/aromatic N) is 2. The second-order valence-corrected chi connectivity index (χ2v) is 6.99. The Labute approximate surface area is 156 Å². The van der Waals surface area contributed by atoms with Crippen LogP contribution in [-0.4, -0.2) is 48.3 Å². The number of hydrogen-bond acceptors (Lipinski definition) is 4. The van der Waals surface area contributed by atoms with Gasteiger partial charge < -0.3 is 10.6 Å². The van der Waals surface area contributed by atoms with Crippen LogP contribution in [0.5, 0.6) is 0 Å². The van der Waals surface area contributed by atoms with Gasteiger partial charge in [-0.25, -0.2) is 0 Å². The first kappa shape index (κ1) is 18.8. The minimum absolute atomic E-state index is 0.216. The minimum Gasteiger partial charge on any atom is -0.326 e. The first-order chi connectivity index (χ1) is 12.8. The Balaban J connectivity index is 1.38. The van der Waals surface area contributed by atoms with E-state index in [1.54, 1.807) is 0 Å². The van der Waals surface area contributed by atoms with Crippen molar-refractivity contribution < 1.29 is 4.79 Å². The third-order valence-electron chi connectivity index (χ3n) is 5.13. The molecule has 0 bridgehead atoms. The number of nitrogens with two attached hydrogens (primary N) is 1. The van der Waals surface area contributed by atoms with Crippen LogP contribution in [0.15, 0.2) is 54.6 Å². The number of carbonyl (C=O) groups excluding carboxylic acids is 1. The zero-order chi connectivity index (χ0) is 18.2. The largest absolute Gasteiger partial charge is 0.326 e. The Morgan fingerprint density at radius 1 is 0.885 bits per heavy atom. The van der Waals surface area contributed by atoms with Crippen molar-refractivity contribution >= 4 is 5.78 Å². The van der Waals surface area contributed by atoms with Gasteiger partial charge in [0.15, 0.2) is 5.78 Å². The summed E-state index contributed by atoms with van der Waals surface area (Å²) in [4.78, 5) is 17.4. The third kappa shape index (κ3) is 5.24. The van der Waals surface area contributed by atoms with Gasteiger partial charge in [0, 0.05) is 51.3 Å². The lowest BCUT2D eigenvalue weighted by molar-refractivity contribution is 0.0958. The Morgan fingerprint density at radius 3 is 2.27 bits per heavy atom. The molecular formula is C22H29N3O. The topological polar surface area (TPSA) is 49.6 Å². The van der Waals surface area contributed by atoms with Gasteiger partial charge in [0.1, 0.15) is 0 Å². The molecule has 1 fully saturated rings. The highest BCUT2D eigenvalue weighted by molar-refractivity contribution is 5.97. The zero-order valence-electron chi connectivity index (χ0n) is 15.4. The molecule has 4 nitrogen and oxygen atoms in total. The molecule has 0 aromatic heterocycles. The molecule has 0 atom stereocenters. The van der Waals surface area contributed by atoms with Crippen LogP contribution in [-0.2, 0) is 13.1 Å². The van der Waals surface area contributed by atoms with E-state index in [2.05, 4.69) is 40.1 Å². The summed E-state index contributed by atoms with van der Waals surface area (Å²) in [5.74, 6) is 0.216. The standard InChI is InChI=1S/C22H29N3O/c23-17-20-9-4-5-10-21(20)22(26)11-6-12-24-13-15-25(16-14-24)18-19-7-2-1-3-8-19/h1-5,7-10H,6,11-18,23H2. The van der Waals surface area contributed by atoms with Crippen LogP contribution in [0, 0.1) is 0 Å². The molecule has 0 amide bonds. The average molecular weight is 351 g/mol. The first-order valence-electron chi connectivity index (χ1n) is 9.56. The van der Waals surface area contributed by atoms with Gasteiger partial charge in [0.05, 0.1) is 0 Å². The van der Waals surface area contributed by atoms with E-state index in [9.17, 15) is 4.79 Å². The molecule has 3 rings (SSSR count). The summed E-state index contributed by atoms with van der Waals surface area (Å²) >= 11 is 0. The average Bonchev–Trinajstić information content (AvgIpc) is 2.70. The van der Waals surface area contributed by atoms with Crippen molar-refractivity contribution in [2.24, 2.45) is 5.73 Å². The molecule has 4 heteroatoms. The van der Waals surface area contributed by atoms with E-state index in [0.29, 0.717) is 13.0 Å². The molecule has 1 aliphatic heterocycles. The maximum Gasteiger partial charge on any atom is 0.163 e. The molecule has 0 unspecified atom stereocenters. The van der Waals surface area contributed by atoms with Gasteiger partial charge in [0.2, 0.25) is 0 Å². The van der Waals surface area contributed by atoms with E-state index >= 15 is 0 Å². The van der Waals surface area contributed by atoms with Crippen molar-refractivity contribution in [1.82, 2.24) is 9.80 Å². The maximum atomic E-state index is 12.4. The zero-order valence-corrected chi connectivity index (χ0v) is 15.4. The summed E-state index contributed by atoms with van der Waals surface area (Å²) in [6.07, 6.45) is 1.51. The molecule has 1 saturated heterocycles. The molecule has 1 heterocycles. The quantitative estimate of drug-likeness (QED) is 0.743. The molecule has 1 aliphatic rings. The number of hydrogen-bond donors (Lipinski definition) is 1. The van der Waals surface area contributed by atoms with E-state index in [1.807, 2.05) is 24.3 Å². The van der Waals surface area contributed by atoms with Crippen molar-refractivity contribution in [1.29, 1.82) is 0 Å². The van der Waals surface area contributed by atoms with Crippen LogP contribution in [0.1, 0.15) is 34.3 Å². The predicted octanol–water partition coefficient (Wildman–Crippen LogP) is 2.93. The van der Waals surface area contributed by atoms with Gasteiger partial charge in [-0.2, -0.15) is 0 Å². The van der Waals surface area contributed by atoms with E-state index in [4.69, 9.17) is 5.73 Å². The molecule has 138 valence electrons. The SMILES string of the molecule is NCc1ccccc1C(=O)CCCN1CCN(Cc2ccccc2)CC1. The van der Waals surface area contributed by atoms with E-state index in [-0.39, 0.29) is 5.78 Å². The summed E-state index contributed by atoms with van der Waals surface area (Å²) in [6.45, 7) is 6.81. The molecule has 2 aromatic rings. The highest BCUT2D eigenvalue weighted by Gasteiger charge is 2.17. The van der Waals surface area contributed by atoms with Gasteiger partial charge in [-0.1, -0.05) is 54.6 Å². The predicted molar refractivity (Wildman–Crippen MR) is 106 cm³/mol. The van der Waals surface area contributed by atoms with Crippen LogP contribution in [0.3, 0.4) is 0 Å². The van der Waals surface area contributed by atoms with Gasteiger partial charge in [0.25, 0.3) is 0 Å². The lowest BCUT2D eigenvalue weighted by Crippen LogP contribution is -2.46. The molecule has 0 spiro atoms. The van der Waals surface area contributed by atoms with E-state index < -0.39 is 0 Å². The molecule has 2 N–H and O–H groups in total. The lowest BCUT2D eigenvalue weighted by Gasteiger charge is -2.34. The second-order valence-electron chi connectivity index (χ2n) is 6.99. The maximum absolute atomic E-state index is 12.4. The lowest BCUT2D eigenvalue weighted by atomic mass is 10.0. The summed E-state index contributed by atoms with van der Waals surface area (Å²) in [7, 11) is 0. The van der Waals surface area contributed by atoms with Crippen LogP contribution in [0.2, 0.25) is 0 Å². The molecule has 2 aromatic carbocycles. The van der Waals surface area contributed by atoms with E-state index in [0.717, 1.165) is 56.8 Å². The van der Waals surface area contributed by atoms with Gasteiger partial charge >= 0.3 is 0 Å². The summed E-state index contributed by atoms with van der Waals surface area (Å²) < 4.78 is 0. The summed E-state index contributed by atoms with van der Waals surface area (Å²) in [6, 6.07) is 18.3. The number of Topliss-reactive ketones (excluding diaryl/α,β-unsaturated/α-hetero) is 1. The molecule has 0 radical (unpaired) electrons. The Hall–Kier alpha value is -2.01. The van der Waals surface area contributed by atoms with Gasteiger partial charge in [-0.05, 0) is 24.1 Å². The normalized spacial score (nSPS) is 15.9. The van der Waals surface area contributed by atoms with Gasteiger partial charge in [-0.15, -0.1) is 0 Å². The number of benzene rings is 2. The fourth-order valence-electron chi connectivity index (χ4n) is 3.58. The fourth-order valence-corrected chi connectivity index (χ4v) is 3.58. The highest BCUT2D eigenvalue weighted by atomic mass is 16.1. The molecule has 0 saturated carbocycles. The minimum atomic E-state index is 0.216. The Morgan fingerprint density at radius 2 is 1.54 bits per heavy atom. The fraction of sp³-hybridized carbons (Fsp3) is 0.409. The number of ketones is 1. The van der Waals surface area contributed by atoms with E-state index in [1.165, 1.54) is 5.56 Å². The molecular weight excluding hydrogens is 322 g/mol. The third-order valence-corrected chi connectivity index (χ3v) is 5.13. The van der Waals surface area contributed by atoms with Crippen molar-refractivity contribution in [2.75, 3.05) is 32.7 Å². The van der Waals surface area contributed by atoms with Crippen molar-refractivity contribution in [3.8, 4) is 0 Å². The monoisotopic (exact) mass is 351 g/mol. The Kier molecular flexibility index (Phi) is 6.95. The molecule has 26 heavy (non-hydrogen) atoms. The number of rotatable bonds is 8. The summed E-state index contributed by atoms with van der Waals surface area (Å²) in [5, 5.41) is 0. The van der Waals surface area contributed by atoms with Crippen LogP contribution in [0.25, 0.3) is 0 Å². The number of piperazine rings is 1. The van der Waals surface area contributed by atoms with Crippen molar-refractivity contribution in [2.45, 2.75) is 25.9 Å². The highest BCUT2D eigenvalue weighted by Crippen LogP contribution is 2.13. The Bertz CT molecular complexity index is 694. The summed E-state index contributed by atoms with van der Waals surface area (Å²) in [5.41, 5.74) is 8.86. The second kappa shape index (κ2) is 9.62. The van der Waals surface area contributed by atoms with Crippen LogP contribution < -0.4 is 5.73 Å². The van der Waals surface area contributed by atoms with Gasteiger partial charge in [-0.3, -0.25) is 9.69 Å². The smallest absolute Gasteiger partial charge is 0.163 e. The number of carbonyl (C=O) groups is 1. The van der Waals surface area contributed by atoms with Crippen molar-refractivity contribution in [3.05, 3.63) is 71.3 Å². The van der Waals surface area contributed by atoms with Crippen molar-refractivity contribution in [3.63, 3.8) is 0 Å². The van der Waals surface area contributed by atoms with Crippen LogP contribution in [0.4, 0.5) is 0 Å². The molecule has 0 aliphatic carbocycles. The van der Waals surface area contributed by atoms with Crippen LogP contribution >= 0.6 is 0 Å².